The van der Waals surface area contributed by atoms with Crippen LogP contribution in [0.15, 0.2) is 17.1 Å². The molecule has 9 heteroatoms. The Morgan fingerprint density at radius 2 is 2.39 bits per heavy atom. The first-order chi connectivity index (χ1) is 8.49. The van der Waals surface area contributed by atoms with Gasteiger partial charge in [-0.15, -0.1) is 0 Å². The lowest BCUT2D eigenvalue weighted by Gasteiger charge is -2.02. The van der Waals surface area contributed by atoms with E-state index in [1.54, 1.807) is 12.4 Å². The maximum absolute atomic E-state index is 13.4. The number of amidine groups is 1. The Kier molecular flexibility index (Phi) is 4.88. The molecule has 94 valence electrons. The molecule has 0 aromatic heterocycles. The summed E-state index contributed by atoms with van der Waals surface area (Å²) in [6.07, 6.45) is 3.31. The molecule has 0 aliphatic carbocycles. The number of nitro benzene ring substituents is 1. The zero-order valence-electron chi connectivity index (χ0n) is 8.98. The van der Waals surface area contributed by atoms with Crippen molar-refractivity contribution in [2.24, 2.45) is 4.99 Å². The molecular weight excluding hydrogens is 283 g/mol. The van der Waals surface area contributed by atoms with Crippen molar-refractivity contribution in [3.05, 3.63) is 33.1 Å². The highest BCUT2D eigenvalue weighted by Crippen LogP contribution is 2.32. The van der Waals surface area contributed by atoms with Crippen molar-refractivity contribution in [2.45, 2.75) is 0 Å². The fraction of sp³-hybridized carbons (Fsp3) is 0.111. The van der Waals surface area contributed by atoms with E-state index in [4.69, 9.17) is 16.9 Å². The van der Waals surface area contributed by atoms with Gasteiger partial charge in [0.25, 0.3) is 0 Å². The molecule has 1 N–H and O–H groups in total. The number of nitriles is 1. The lowest BCUT2D eigenvalue weighted by atomic mass is 10.3. The number of nitrogens with one attached hydrogen (secondary N) is 1. The van der Waals surface area contributed by atoms with E-state index < -0.39 is 16.4 Å². The third-order valence-corrected chi connectivity index (χ3v) is 2.67. The van der Waals surface area contributed by atoms with E-state index in [9.17, 15) is 14.5 Å². The molecule has 0 aliphatic heterocycles. The van der Waals surface area contributed by atoms with Gasteiger partial charge in [-0.2, -0.15) is 9.65 Å². The van der Waals surface area contributed by atoms with Crippen LogP contribution < -0.4 is 5.32 Å². The summed E-state index contributed by atoms with van der Waals surface area (Å²) in [5.41, 5.74) is -0.718. The Morgan fingerprint density at radius 1 is 1.72 bits per heavy atom. The fourth-order valence-corrected chi connectivity index (χ4v) is 1.57. The van der Waals surface area contributed by atoms with Crippen molar-refractivity contribution in [3.63, 3.8) is 0 Å². The standard InChI is InChI=1S/C9H6ClFN4O2S/c1-18-9(13-4-12)14-7-3-6(11)8(15(16)17)2-5(7)10/h2-3H,1H3,(H,13,14). The molecule has 0 amide bonds. The molecule has 0 aliphatic rings. The highest BCUT2D eigenvalue weighted by molar-refractivity contribution is 8.13. The van der Waals surface area contributed by atoms with Crippen molar-refractivity contribution in [2.75, 3.05) is 6.26 Å². The van der Waals surface area contributed by atoms with Gasteiger partial charge in [-0.25, -0.2) is 4.99 Å². The number of thioether (sulfide) groups is 1. The van der Waals surface area contributed by atoms with E-state index in [2.05, 4.69) is 10.3 Å². The second-order valence-corrected chi connectivity index (χ2v) is 4.07. The van der Waals surface area contributed by atoms with Crippen molar-refractivity contribution < 1.29 is 9.31 Å². The Labute approximate surface area is 111 Å². The van der Waals surface area contributed by atoms with Gasteiger partial charge in [0.05, 0.1) is 15.6 Å². The molecule has 6 nitrogen and oxygen atoms in total. The van der Waals surface area contributed by atoms with Gasteiger partial charge in [-0.3, -0.25) is 15.4 Å². The van der Waals surface area contributed by atoms with Crippen LogP contribution in [-0.2, 0) is 0 Å². The van der Waals surface area contributed by atoms with Crippen LogP contribution in [0.25, 0.3) is 0 Å². The van der Waals surface area contributed by atoms with Gasteiger partial charge in [0.2, 0.25) is 5.82 Å². The summed E-state index contributed by atoms with van der Waals surface area (Å²) in [6, 6.07) is 1.72. The van der Waals surface area contributed by atoms with Gasteiger partial charge in [-0.05, 0) is 6.26 Å². The number of nitrogens with zero attached hydrogens (tertiary/aromatic N) is 3. The van der Waals surface area contributed by atoms with Crippen LogP contribution in [-0.4, -0.2) is 16.3 Å². The summed E-state index contributed by atoms with van der Waals surface area (Å²) in [4.78, 5) is 13.5. The van der Waals surface area contributed by atoms with E-state index in [0.29, 0.717) is 0 Å². The Morgan fingerprint density at radius 3 is 2.89 bits per heavy atom. The van der Waals surface area contributed by atoms with Gasteiger partial charge in [-0.1, -0.05) is 23.4 Å². The lowest BCUT2D eigenvalue weighted by molar-refractivity contribution is -0.387. The van der Waals surface area contributed by atoms with E-state index in [1.807, 2.05) is 0 Å². The molecule has 0 spiro atoms. The molecule has 18 heavy (non-hydrogen) atoms. The predicted molar refractivity (Wildman–Crippen MR) is 67.4 cm³/mol. The smallest absolute Gasteiger partial charge is 0.271 e. The summed E-state index contributed by atoms with van der Waals surface area (Å²) < 4.78 is 13.4. The molecule has 0 heterocycles. The number of halogens is 2. The molecule has 0 bridgehead atoms. The van der Waals surface area contributed by atoms with Gasteiger partial charge < -0.3 is 0 Å². The van der Waals surface area contributed by atoms with Crippen LogP contribution in [0.4, 0.5) is 15.8 Å². The molecule has 0 saturated carbocycles. The average Bonchev–Trinajstić information content (AvgIpc) is 2.32. The van der Waals surface area contributed by atoms with Crippen LogP contribution in [0, 0.1) is 27.4 Å². The molecule has 0 radical (unpaired) electrons. The van der Waals surface area contributed by atoms with E-state index in [1.165, 1.54) is 0 Å². The van der Waals surface area contributed by atoms with E-state index in [-0.39, 0.29) is 15.9 Å². The van der Waals surface area contributed by atoms with Crippen molar-refractivity contribution >= 4 is 39.9 Å². The highest BCUT2D eigenvalue weighted by atomic mass is 35.5. The molecule has 1 aromatic carbocycles. The fourth-order valence-electron chi connectivity index (χ4n) is 1.03. The van der Waals surface area contributed by atoms with E-state index in [0.717, 1.165) is 23.9 Å². The van der Waals surface area contributed by atoms with Crippen LogP contribution in [0.1, 0.15) is 0 Å². The third kappa shape index (κ3) is 3.32. The highest BCUT2D eigenvalue weighted by Gasteiger charge is 2.17. The predicted octanol–water partition coefficient (Wildman–Crippen LogP) is 2.81. The lowest BCUT2D eigenvalue weighted by Crippen LogP contribution is -2.12. The molecule has 0 unspecified atom stereocenters. The number of nitro groups is 1. The summed E-state index contributed by atoms with van der Waals surface area (Å²) >= 11 is 6.86. The van der Waals surface area contributed by atoms with Gasteiger partial charge in [0.1, 0.15) is 0 Å². The number of aliphatic imine (C=N–C) groups is 1. The van der Waals surface area contributed by atoms with Crippen molar-refractivity contribution in [1.82, 2.24) is 5.32 Å². The minimum absolute atomic E-state index is 0.00636. The molecule has 0 fully saturated rings. The molecule has 1 aromatic rings. The quantitative estimate of drug-likeness (QED) is 0.226. The van der Waals surface area contributed by atoms with Crippen LogP contribution >= 0.6 is 23.4 Å². The van der Waals surface area contributed by atoms with Crippen LogP contribution in [0.3, 0.4) is 0 Å². The Balaban J connectivity index is 3.24. The summed E-state index contributed by atoms with van der Waals surface area (Å²) in [5, 5.41) is 21.3. The third-order valence-electron chi connectivity index (χ3n) is 1.79. The van der Waals surface area contributed by atoms with Crippen LogP contribution in [0.2, 0.25) is 5.02 Å². The summed E-state index contributed by atoms with van der Waals surface area (Å²) in [6.45, 7) is 0. The summed E-state index contributed by atoms with van der Waals surface area (Å²) in [7, 11) is 0. The monoisotopic (exact) mass is 288 g/mol. The average molecular weight is 289 g/mol. The van der Waals surface area contributed by atoms with Gasteiger partial charge >= 0.3 is 5.69 Å². The second kappa shape index (κ2) is 6.18. The normalized spacial score (nSPS) is 10.9. The second-order valence-electron chi connectivity index (χ2n) is 2.87. The van der Waals surface area contributed by atoms with Crippen molar-refractivity contribution in [3.8, 4) is 6.19 Å². The van der Waals surface area contributed by atoms with Gasteiger partial charge in [0, 0.05) is 12.1 Å². The summed E-state index contributed by atoms with van der Waals surface area (Å²) in [5.74, 6) is -1.04. The molecule has 1 rings (SSSR count). The molecular formula is C9H6ClFN4O2S. The minimum atomic E-state index is -1.04. The first-order valence-electron chi connectivity index (χ1n) is 4.40. The maximum atomic E-state index is 13.4. The largest absolute Gasteiger partial charge is 0.306 e. The van der Waals surface area contributed by atoms with Crippen molar-refractivity contribution in [1.29, 1.82) is 5.26 Å². The van der Waals surface area contributed by atoms with Gasteiger partial charge in [0.15, 0.2) is 11.4 Å². The zero-order chi connectivity index (χ0) is 13.7. The minimum Gasteiger partial charge on any atom is -0.271 e. The Bertz CT molecular complexity index is 558. The number of hydrogen-bond donors (Lipinski definition) is 1. The zero-order valence-corrected chi connectivity index (χ0v) is 10.5. The molecule has 0 saturated heterocycles. The first-order valence-corrected chi connectivity index (χ1v) is 6.01. The first kappa shape index (κ1) is 14.2. The topological polar surface area (TPSA) is 91.3 Å². The number of benzene rings is 1. The SMILES string of the molecule is CSC(=Nc1cc(F)c([N+](=O)[O-])cc1Cl)NC#N. The van der Waals surface area contributed by atoms with E-state index >= 15 is 0 Å². The Hall–Kier alpha value is -1.85. The molecule has 0 atom stereocenters. The number of hydrogen-bond acceptors (Lipinski definition) is 5. The van der Waals surface area contributed by atoms with Crippen LogP contribution in [0.5, 0.6) is 0 Å². The number of rotatable bonds is 2. The maximum Gasteiger partial charge on any atom is 0.306 e.